The van der Waals surface area contributed by atoms with Gasteiger partial charge in [-0.25, -0.2) is 0 Å². The predicted molar refractivity (Wildman–Crippen MR) is 123 cm³/mol. The van der Waals surface area contributed by atoms with Crippen molar-refractivity contribution in [1.29, 1.82) is 0 Å². The second kappa shape index (κ2) is 7.65. The minimum atomic E-state index is 0.0665. The summed E-state index contributed by atoms with van der Waals surface area (Å²) >= 11 is 0. The summed E-state index contributed by atoms with van der Waals surface area (Å²) in [7, 11) is 3.31. The van der Waals surface area contributed by atoms with Gasteiger partial charge in [-0.3, -0.25) is 4.79 Å². The predicted octanol–water partition coefficient (Wildman–Crippen LogP) is 6.39. The van der Waals surface area contributed by atoms with Crippen LogP contribution >= 0.6 is 0 Å². The van der Waals surface area contributed by atoms with Gasteiger partial charge in [-0.2, -0.15) is 0 Å². The molecule has 31 heavy (non-hydrogen) atoms. The summed E-state index contributed by atoms with van der Waals surface area (Å²) in [5.74, 6) is 1.65. The molecule has 0 fully saturated rings. The standard InChI is InChI=1S/C27H21NO3/c1-30-21-12-7-18(8-13-21)28(19-9-14-22(31-2)15-10-19)20-11-16-24-23-5-3-4-6-25(23)27(29)26(24)17-20/h3-17H,1-2H3. The number of carbonyl (C=O) groups is 1. The molecule has 5 rings (SSSR count). The number of rotatable bonds is 5. The zero-order valence-electron chi connectivity index (χ0n) is 17.3. The topological polar surface area (TPSA) is 38.8 Å². The van der Waals surface area contributed by atoms with Gasteiger partial charge in [-0.05, 0) is 71.8 Å². The van der Waals surface area contributed by atoms with Crippen molar-refractivity contribution < 1.29 is 14.3 Å². The number of carbonyl (C=O) groups excluding carboxylic acids is 1. The van der Waals surface area contributed by atoms with Crippen molar-refractivity contribution >= 4 is 22.8 Å². The van der Waals surface area contributed by atoms with Crippen molar-refractivity contribution in [3.63, 3.8) is 0 Å². The van der Waals surface area contributed by atoms with Crippen LogP contribution in [0.15, 0.2) is 91.0 Å². The van der Waals surface area contributed by atoms with E-state index in [1.807, 2.05) is 84.9 Å². The third-order valence-corrected chi connectivity index (χ3v) is 5.63. The quantitative estimate of drug-likeness (QED) is 0.339. The molecule has 0 saturated heterocycles. The molecule has 1 aliphatic carbocycles. The molecule has 0 bridgehead atoms. The van der Waals surface area contributed by atoms with E-state index < -0.39 is 0 Å². The van der Waals surface area contributed by atoms with Gasteiger partial charge in [0.2, 0.25) is 0 Å². The van der Waals surface area contributed by atoms with E-state index >= 15 is 0 Å². The Balaban J connectivity index is 1.64. The van der Waals surface area contributed by atoms with Crippen LogP contribution in [0.2, 0.25) is 0 Å². The van der Waals surface area contributed by atoms with Crippen molar-refractivity contribution in [3.8, 4) is 22.6 Å². The first-order valence-corrected chi connectivity index (χ1v) is 10.1. The van der Waals surface area contributed by atoms with E-state index in [1.165, 1.54) is 0 Å². The minimum absolute atomic E-state index is 0.0665. The number of ketones is 1. The Morgan fingerprint density at radius 3 is 1.58 bits per heavy atom. The molecule has 0 aliphatic heterocycles. The van der Waals surface area contributed by atoms with Crippen molar-refractivity contribution in [2.45, 2.75) is 0 Å². The van der Waals surface area contributed by atoms with E-state index in [2.05, 4.69) is 11.0 Å². The van der Waals surface area contributed by atoms with Gasteiger partial charge in [0.25, 0.3) is 0 Å². The van der Waals surface area contributed by atoms with Gasteiger partial charge in [0, 0.05) is 28.2 Å². The molecular weight excluding hydrogens is 386 g/mol. The number of anilines is 3. The number of ether oxygens (including phenoxy) is 2. The molecule has 0 aromatic heterocycles. The highest BCUT2D eigenvalue weighted by molar-refractivity contribution is 6.22. The average Bonchev–Trinajstić information content (AvgIpc) is 3.12. The first kappa shape index (κ1) is 18.9. The fourth-order valence-corrected chi connectivity index (χ4v) is 4.06. The Morgan fingerprint density at radius 2 is 1.03 bits per heavy atom. The molecule has 4 heteroatoms. The molecule has 0 amide bonds. The summed E-state index contributed by atoms with van der Waals surface area (Å²) in [5, 5.41) is 0. The number of methoxy groups -OCH3 is 2. The van der Waals surface area contributed by atoms with Gasteiger partial charge < -0.3 is 14.4 Å². The summed E-state index contributed by atoms with van der Waals surface area (Å²) in [5.41, 5.74) is 6.31. The van der Waals surface area contributed by atoms with Crippen LogP contribution in [0.4, 0.5) is 17.1 Å². The van der Waals surface area contributed by atoms with Crippen LogP contribution in [0.5, 0.6) is 11.5 Å². The van der Waals surface area contributed by atoms with Gasteiger partial charge in [0.1, 0.15) is 11.5 Å². The molecule has 4 aromatic rings. The van der Waals surface area contributed by atoms with Gasteiger partial charge >= 0.3 is 0 Å². The highest BCUT2D eigenvalue weighted by Gasteiger charge is 2.27. The minimum Gasteiger partial charge on any atom is -0.497 e. The van der Waals surface area contributed by atoms with Gasteiger partial charge in [-0.1, -0.05) is 30.3 Å². The molecular formula is C27H21NO3. The summed E-state index contributed by atoms with van der Waals surface area (Å²) in [6.07, 6.45) is 0. The largest absolute Gasteiger partial charge is 0.497 e. The molecule has 0 saturated carbocycles. The van der Waals surface area contributed by atoms with E-state index in [1.54, 1.807) is 14.2 Å². The molecule has 0 atom stereocenters. The molecule has 0 heterocycles. The maximum Gasteiger partial charge on any atom is 0.194 e. The number of benzene rings is 4. The summed E-state index contributed by atoms with van der Waals surface area (Å²) in [6, 6.07) is 29.6. The van der Waals surface area contributed by atoms with Crippen molar-refractivity contribution in [3.05, 3.63) is 102 Å². The smallest absolute Gasteiger partial charge is 0.194 e. The lowest BCUT2D eigenvalue weighted by atomic mass is 10.0. The summed E-state index contributed by atoms with van der Waals surface area (Å²) < 4.78 is 10.6. The third-order valence-electron chi connectivity index (χ3n) is 5.63. The number of hydrogen-bond donors (Lipinski definition) is 0. The zero-order valence-corrected chi connectivity index (χ0v) is 17.3. The number of nitrogens with zero attached hydrogens (tertiary/aromatic N) is 1. The number of hydrogen-bond acceptors (Lipinski definition) is 4. The van der Waals surface area contributed by atoms with E-state index in [-0.39, 0.29) is 5.78 Å². The normalized spacial score (nSPS) is 11.6. The SMILES string of the molecule is COc1ccc(N(c2ccc(OC)cc2)c2ccc3c(c2)C(=O)c2ccccc2-3)cc1. The van der Waals surface area contributed by atoms with Crippen LogP contribution in [0.25, 0.3) is 11.1 Å². The lowest BCUT2D eigenvalue weighted by Crippen LogP contribution is -2.10. The Morgan fingerprint density at radius 1 is 0.548 bits per heavy atom. The van der Waals surface area contributed by atoms with Crippen LogP contribution in [0, 0.1) is 0 Å². The third kappa shape index (κ3) is 3.22. The van der Waals surface area contributed by atoms with Crippen molar-refractivity contribution in [1.82, 2.24) is 0 Å². The highest BCUT2D eigenvalue weighted by atomic mass is 16.5. The van der Waals surface area contributed by atoms with Gasteiger partial charge in [-0.15, -0.1) is 0 Å². The molecule has 1 aliphatic rings. The molecule has 0 spiro atoms. The zero-order chi connectivity index (χ0) is 21.4. The molecule has 152 valence electrons. The van der Waals surface area contributed by atoms with E-state index in [0.717, 1.165) is 50.8 Å². The average molecular weight is 407 g/mol. The lowest BCUT2D eigenvalue weighted by molar-refractivity contribution is 0.104. The first-order valence-electron chi connectivity index (χ1n) is 10.1. The Kier molecular flexibility index (Phi) is 4.68. The van der Waals surface area contributed by atoms with Gasteiger partial charge in [0.05, 0.1) is 14.2 Å². The summed E-state index contributed by atoms with van der Waals surface area (Å²) in [6.45, 7) is 0. The Bertz CT molecular complexity index is 1210. The molecule has 0 N–H and O–H groups in total. The monoisotopic (exact) mass is 407 g/mol. The fraction of sp³-hybridized carbons (Fsp3) is 0.0741. The molecule has 0 unspecified atom stereocenters. The molecule has 4 nitrogen and oxygen atoms in total. The van der Waals surface area contributed by atoms with Gasteiger partial charge in [0.15, 0.2) is 5.78 Å². The first-order chi connectivity index (χ1) is 15.2. The molecule has 4 aromatic carbocycles. The summed E-state index contributed by atoms with van der Waals surface area (Å²) in [4.78, 5) is 15.2. The van der Waals surface area contributed by atoms with Crippen molar-refractivity contribution in [2.24, 2.45) is 0 Å². The van der Waals surface area contributed by atoms with E-state index in [0.29, 0.717) is 0 Å². The van der Waals surface area contributed by atoms with Crippen LogP contribution in [-0.2, 0) is 0 Å². The van der Waals surface area contributed by atoms with Crippen LogP contribution in [0.1, 0.15) is 15.9 Å². The fourth-order valence-electron chi connectivity index (χ4n) is 4.06. The van der Waals surface area contributed by atoms with Crippen LogP contribution in [-0.4, -0.2) is 20.0 Å². The highest BCUT2D eigenvalue weighted by Crippen LogP contribution is 2.42. The Hall–Kier alpha value is -4.05. The van der Waals surface area contributed by atoms with Crippen LogP contribution in [0.3, 0.4) is 0 Å². The maximum absolute atomic E-state index is 13.1. The number of fused-ring (bicyclic) bond motifs is 3. The second-order valence-corrected chi connectivity index (χ2v) is 7.34. The maximum atomic E-state index is 13.1. The lowest BCUT2D eigenvalue weighted by Gasteiger charge is -2.26. The second-order valence-electron chi connectivity index (χ2n) is 7.34. The van der Waals surface area contributed by atoms with Crippen LogP contribution < -0.4 is 14.4 Å². The van der Waals surface area contributed by atoms with E-state index in [9.17, 15) is 4.79 Å². The molecule has 0 radical (unpaired) electrons. The Labute approximate surface area is 181 Å². The van der Waals surface area contributed by atoms with E-state index in [4.69, 9.17) is 9.47 Å². The van der Waals surface area contributed by atoms with Crippen molar-refractivity contribution in [2.75, 3.05) is 19.1 Å².